The Morgan fingerprint density at radius 3 is 2.78 bits per heavy atom. The lowest BCUT2D eigenvalue weighted by atomic mass is 10.0. The van der Waals surface area contributed by atoms with Crippen molar-refractivity contribution in [2.24, 2.45) is 0 Å². The molecule has 0 amide bonds. The molecule has 100 valence electrons. The van der Waals surface area contributed by atoms with Crippen LogP contribution in [0.4, 0.5) is 10.1 Å². The summed E-state index contributed by atoms with van der Waals surface area (Å²) in [6.45, 7) is 5.19. The van der Waals surface area contributed by atoms with E-state index in [-0.39, 0.29) is 11.9 Å². The molecule has 0 aliphatic carbocycles. The molecule has 0 bridgehead atoms. The Hall–Kier alpha value is -1.09. The van der Waals surface area contributed by atoms with Gasteiger partial charge in [0.15, 0.2) is 0 Å². The molecular weight excluding hydrogens is 227 g/mol. The average Bonchev–Trinajstić information content (AvgIpc) is 2.39. The molecule has 1 saturated heterocycles. The summed E-state index contributed by atoms with van der Waals surface area (Å²) in [6.07, 6.45) is 3.58. The van der Waals surface area contributed by atoms with Gasteiger partial charge in [-0.3, -0.25) is 0 Å². The molecule has 2 rings (SSSR count). The maximum Gasteiger partial charge on any atom is 0.146 e. The highest BCUT2D eigenvalue weighted by atomic mass is 19.1. The van der Waals surface area contributed by atoms with Gasteiger partial charge in [-0.15, -0.1) is 0 Å². The Labute approximate surface area is 109 Å². The third-order valence-corrected chi connectivity index (χ3v) is 4.02. The van der Waals surface area contributed by atoms with E-state index in [0.717, 1.165) is 24.2 Å². The fourth-order valence-corrected chi connectivity index (χ4v) is 2.65. The van der Waals surface area contributed by atoms with Crippen LogP contribution in [0.25, 0.3) is 0 Å². The Morgan fingerprint density at radius 2 is 2.17 bits per heavy atom. The Kier molecular flexibility index (Phi) is 4.23. The second-order valence-corrected chi connectivity index (χ2v) is 5.26. The average molecular weight is 250 g/mol. The highest BCUT2D eigenvalue weighted by Gasteiger charge is 2.21. The van der Waals surface area contributed by atoms with Gasteiger partial charge in [-0.25, -0.2) is 4.39 Å². The molecule has 1 fully saturated rings. The molecule has 2 atom stereocenters. The van der Waals surface area contributed by atoms with E-state index in [4.69, 9.17) is 0 Å². The third kappa shape index (κ3) is 2.66. The van der Waals surface area contributed by atoms with Gasteiger partial charge >= 0.3 is 0 Å². The van der Waals surface area contributed by atoms with Crippen molar-refractivity contribution in [3.63, 3.8) is 0 Å². The summed E-state index contributed by atoms with van der Waals surface area (Å²) in [5, 5.41) is 3.14. The van der Waals surface area contributed by atoms with Crippen molar-refractivity contribution in [3.05, 3.63) is 29.6 Å². The van der Waals surface area contributed by atoms with E-state index in [1.54, 1.807) is 6.07 Å². The lowest BCUT2D eigenvalue weighted by Crippen LogP contribution is -2.38. The SMILES string of the molecule is CNC(C)c1ccc(N2CCCCC2C)c(F)c1. The van der Waals surface area contributed by atoms with Crippen LogP contribution >= 0.6 is 0 Å². The van der Waals surface area contributed by atoms with Crippen molar-refractivity contribution in [3.8, 4) is 0 Å². The van der Waals surface area contributed by atoms with Crippen molar-refractivity contribution < 1.29 is 4.39 Å². The number of halogens is 1. The number of hydrogen-bond acceptors (Lipinski definition) is 2. The Morgan fingerprint density at radius 1 is 1.39 bits per heavy atom. The number of piperidine rings is 1. The zero-order chi connectivity index (χ0) is 13.1. The van der Waals surface area contributed by atoms with Crippen LogP contribution in [0.2, 0.25) is 0 Å². The van der Waals surface area contributed by atoms with Gasteiger partial charge in [-0.05, 0) is 57.9 Å². The van der Waals surface area contributed by atoms with Crippen molar-refractivity contribution in [2.45, 2.75) is 45.2 Å². The van der Waals surface area contributed by atoms with Gasteiger partial charge < -0.3 is 10.2 Å². The first kappa shape index (κ1) is 13.3. The van der Waals surface area contributed by atoms with Gasteiger partial charge in [0.2, 0.25) is 0 Å². The Balaban J connectivity index is 2.23. The third-order valence-electron chi connectivity index (χ3n) is 4.02. The second kappa shape index (κ2) is 5.70. The molecule has 1 aliphatic rings. The van der Waals surface area contributed by atoms with Gasteiger partial charge in [0.25, 0.3) is 0 Å². The predicted molar refractivity (Wildman–Crippen MR) is 74.5 cm³/mol. The second-order valence-electron chi connectivity index (χ2n) is 5.26. The van der Waals surface area contributed by atoms with Gasteiger partial charge in [-0.1, -0.05) is 6.07 Å². The minimum atomic E-state index is -0.0941. The molecular formula is C15H23FN2. The minimum Gasteiger partial charge on any atom is -0.366 e. The van der Waals surface area contributed by atoms with E-state index in [9.17, 15) is 4.39 Å². The zero-order valence-electron chi connectivity index (χ0n) is 11.5. The molecule has 0 aromatic heterocycles. The lowest BCUT2D eigenvalue weighted by molar-refractivity contribution is 0.475. The molecule has 1 heterocycles. The first-order valence-electron chi connectivity index (χ1n) is 6.87. The van der Waals surface area contributed by atoms with E-state index in [1.165, 1.54) is 12.8 Å². The van der Waals surface area contributed by atoms with Gasteiger partial charge in [0.1, 0.15) is 5.82 Å². The Bertz CT molecular complexity index is 405. The number of rotatable bonds is 3. The summed E-state index contributed by atoms with van der Waals surface area (Å²) < 4.78 is 14.2. The van der Waals surface area contributed by atoms with Crippen molar-refractivity contribution in [1.29, 1.82) is 0 Å². The standard InChI is InChI=1S/C15H23FN2/c1-11-6-4-5-9-18(11)15-8-7-13(10-14(15)16)12(2)17-3/h7-8,10-12,17H,4-6,9H2,1-3H3. The number of nitrogens with zero attached hydrogens (tertiary/aromatic N) is 1. The number of hydrogen-bond donors (Lipinski definition) is 1. The van der Waals surface area contributed by atoms with Crippen LogP contribution in [0.15, 0.2) is 18.2 Å². The lowest BCUT2D eigenvalue weighted by Gasteiger charge is -2.35. The van der Waals surface area contributed by atoms with Crippen LogP contribution in [-0.2, 0) is 0 Å². The van der Waals surface area contributed by atoms with Crippen LogP contribution in [-0.4, -0.2) is 19.6 Å². The van der Waals surface area contributed by atoms with Crippen molar-refractivity contribution >= 4 is 5.69 Å². The van der Waals surface area contributed by atoms with Crippen LogP contribution in [0.1, 0.15) is 44.7 Å². The maximum atomic E-state index is 14.2. The van der Waals surface area contributed by atoms with Gasteiger partial charge in [0.05, 0.1) is 5.69 Å². The van der Waals surface area contributed by atoms with E-state index in [0.29, 0.717) is 6.04 Å². The molecule has 18 heavy (non-hydrogen) atoms. The summed E-state index contributed by atoms with van der Waals surface area (Å²) in [5.74, 6) is -0.0941. The normalized spacial score (nSPS) is 22.0. The number of anilines is 1. The first-order valence-corrected chi connectivity index (χ1v) is 6.87. The van der Waals surface area contributed by atoms with E-state index < -0.39 is 0 Å². The molecule has 0 spiro atoms. The van der Waals surface area contributed by atoms with Crippen LogP contribution < -0.4 is 10.2 Å². The molecule has 2 unspecified atom stereocenters. The van der Waals surface area contributed by atoms with Crippen LogP contribution in [0.3, 0.4) is 0 Å². The molecule has 1 N–H and O–H groups in total. The summed E-state index contributed by atoms with van der Waals surface area (Å²) in [6, 6.07) is 6.26. The minimum absolute atomic E-state index is 0.0941. The molecule has 1 aliphatic heterocycles. The van der Waals surface area contributed by atoms with Gasteiger partial charge in [-0.2, -0.15) is 0 Å². The highest BCUT2D eigenvalue weighted by Crippen LogP contribution is 2.28. The molecule has 1 aromatic rings. The summed E-state index contributed by atoms with van der Waals surface area (Å²) >= 11 is 0. The monoisotopic (exact) mass is 250 g/mol. The zero-order valence-corrected chi connectivity index (χ0v) is 11.5. The fourth-order valence-electron chi connectivity index (χ4n) is 2.65. The van der Waals surface area contributed by atoms with E-state index in [1.807, 2.05) is 26.1 Å². The van der Waals surface area contributed by atoms with E-state index >= 15 is 0 Å². The van der Waals surface area contributed by atoms with Crippen molar-refractivity contribution in [1.82, 2.24) is 5.32 Å². The summed E-state index contributed by atoms with van der Waals surface area (Å²) in [5.41, 5.74) is 1.76. The van der Waals surface area contributed by atoms with Gasteiger partial charge in [0, 0.05) is 18.6 Å². The highest BCUT2D eigenvalue weighted by molar-refractivity contribution is 5.50. The smallest absolute Gasteiger partial charge is 0.146 e. The van der Waals surface area contributed by atoms with Crippen LogP contribution in [0, 0.1) is 5.82 Å². The number of nitrogens with one attached hydrogen (secondary N) is 1. The summed E-state index contributed by atoms with van der Waals surface area (Å²) in [7, 11) is 1.89. The molecule has 0 saturated carbocycles. The quantitative estimate of drug-likeness (QED) is 0.883. The molecule has 3 heteroatoms. The first-order chi connectivity index (χ1) is 8.63. The van der Waals surface area contributed by atoms with Crippen molar-refractivity contribution in [2.75, 3.05) is 18.5 Å². The molecule has 0 radical (unpaired) electrons. The van der Waals surface area contributed by atoms with E-state index in [2.05, 4.69) is 17.1 Å². The maximum absolute atomic E-state index is 14.2. The predicted octanol–water partition coefficient (Wildman–Crippen LogP) is 3.48. The van der Waals surface area contributed by atoms with Crippen LogP contribution in [0.5, 0.6) is 0 Å². The topological polar surface area (TPSA) is 15.3 Å². The largest absolute Gasteiger partial charge is 0.366 e. The molecule has 1 aromatic carbocycles. The summed E-state index contributed by atoms with van der Waals surface area (Å²) in [4.78, 5) is 2.20. The number of benzene rings is 1. The molecule has 2 nitrogen and oxygen atoms in total. The fraction of sp³-hybridized carbons (Fsp3) is 0.600.